The molecule has 0 spiro atoms. The lowest BCUT2D eigenvalue weighted by atomic mass is 9.93. The molecule has 2 bridgehead atoms. The first-order valence-corrected chi connectivity index (χ1v) is 7.68. The van der Waals surface area contributed by atoms with Crippen LogP contribution in [0, 0.1) is 17.8 Å². The van der Waals surface area contributed by atoms with Gasteiger partial charge in [-0.15, -0.1) is 0 Å². The summed E-state index contributed by atoms with van der Waals surface area (Å²) in [7, 11) is 0. The molecule has 3 rings (SSSR count). The maximum Gasteiger partial charge on any atom is 0.251 e. The highest BCUT2D eigenvalue weighted by atomic mass is 32.2. The first-order chi connectivity index (χ1) is 8.87. The lowest BCUT2D eigenvalue weighted by molar-refractivity contribution is -0.119. The minimum atomic E-state index is -2.49. The number of rotatable bonds is 2. The second kappa shape index (κ2) is 4.43. The van der Waals surface area contributed by atoms with Crippen molar-refractivity contribution in [1.29, 1.82) is 0 Å². The molecular weight excluding hydrogens is 270 g/mol. The van der Waals surface area contributed by atoms with E-state index in [1.165, 1.54) is 11.8 Å². The van der Waals surface area contributed by atoms with Crippen molar-refractivity contribution < 1.29 is 13.6 Å². The van der Waals surface area contributed by atoms with Crippen LogP contribution >= 0.6 is 11.8 Å². The number of hydrogen-bond acceptors (Lipinski definition) is 3. The summed E-state index contributed by atoms with van der Waals surface area (Å²) in [6.45, 7) is 4.00. The van der Waals surface area contributed by atoms with Crippen LogP contribution in [0.25, 0.3) is 0 Å². The molecule has 2 aliphatic carbocycles. The van der Waals surface area contributed by atoms with Crippen molar-refractivity contribution in [2.24, 2.45) is 22.7 Å². The lowest BCUT2D eigenvalue weighted by Crippen LogP contribution is -2.31. The topological polar surface area (TPSA) is 41.5 Å². The number of nitrogens with zero attached hydrogens (tertiary/aromatic N) is 1. The van der Waals surface area contributed by atoms with E-state index in [2.05, 4.69) is 10.3 Å². The number of thioether (sulfide) groups is 1. The molecule has 3 aliphatic rings. The number of carbonyl (C=O) groups excluding carboxylic acids is 1. The maximum absolute atomic E-state index is 13.4. The summed E-state index contributed by atoms with van der Waals surface area (Å²) in [5, 5.41) is 3.31. The van der Waals surface area contributed by atoms with E-state index in [1.54, 1.807) is 0 Å². The highest BCUT2D eigenvalue weighted by molar-refractivity contribution is 8.15. The normalized spacial score (nSPS) is 42.4. The van der Waals surface area contributed by atoms with E-state index >= 15 is 0 Å². The number of amidine groups is 1. The van der Waals surface area contributed by atoms with Crippen molar-refractivity contribution in [3.8, 4) is 0 Å². The van der Waals surface area contributed by atoms with Crippen LogP contribution in [-0.2, 0) is 4.79 Å². The molecule has 1 unspecified atom stereocenters. The minimum absolute atomic E-state index is 0.00719. The molecule has 1 N–H and O–H groups in total. The van der Waals surface area contributed by atoms with Gasteiger partial charge in [-0.05, 0) is 24.7 Å². The van der Waals surface area contributed by atoms with Crippen molar-refractivity contribution in [3.05, 3.63) is 0 Å². The van der Waals surface area contributed by atoms with Crippen LogP contribution in [-0.4, -0.2) is 28.3 Å². The van der Waals surface area contributed by atoms with Crippen LogP contribution in [0.4, 0.5) is 8.78 Å². The molecule has 0 aromatic rings. The summed E-state index contributed by atoms with van der Waals surface area (Å²) in [6.07, 6.45) is 1.01. The lowest BCUT2D eigenvalue weighted by Gasteiger charge is -2.25. The highest BCUT2D eigenvalue weighted by Gasteiger charge is 2.56. The summed E-state index contributed by atoms with van der Waals surface area (Å²) in [5.41, 5.74) is 0. The van der Waals surface area contributed by atoms with Crippen molar-refractivity contribution in [2.45, 2.75) is 50.3 Å². The number of carbonyl (C=O) groups is 1. The zero-order valence-corrected chi connectivity index (χ0v) is 11.8. The molecule has 4 atom stereocenters. The molecular formula is C13H18F2N2OS. The molecule has 0 aromatic heterocycles. The van der Waals surface area contributed by atoms with Gasteiger partial charge in [-0.25, -0.2) is 8.78 Å². The summed E-state index contributed by atoms with van der Waals surface area (Å²) in [5.74, 6) is -2.76. The van der Waals surface area contributed by atoms with Gasteiger partial charge in [-0.3, -0.25) is 9.79 Å². The molecule has 1 aliphatic heterocycles. The molecule has 19 heavy (non-hydrogen) atoms. The van der Waals surface area contributed by atoms with E-state index in [9.17, 15) is 13.6 Å². The van der Waals surface area contributed by atoms with Gasteiger partial charge in [-0.2, -0.15) is 0 Å². The van der Waals surface area contributed by atoms with E-state index in [0.29, 0.717) is 18.0 Å². The largest absolute Gasteiger partial charge is 0.304 e. The van der Waals surface area contributed by atoms with Gasteiger partial charge in [0.05, 0.1) is 11.3 Å². The zero-order chi connectivity index (χ0) is 13.8. The second-order valence-electron chi connectivity index (χ2n) is 6.17. The Balaban J connectivity index is 1.68. The molecule has 1 saturated heterocycles. The van der Waals surface area contributed by atoms with Gasteiger partial charge in [-0.1, -0.05) is 25.6 Å². The van der Waals surface area contributed by atoms with E-state index in [4.69, 9.17) is 0 Å². The quantitative estimate of drug-likeness (QED) is 0.848. The van der Waals surface area contributed by atoms with Gasteiger partial charge >= 0.3 is 0 Å². The monoisotopic (exact) mass is 288 g/mol. The average molecular weight is 288 g/mol. The zero-order valence-electron chi connectivity index (χ0n) is 11.0. The third-order valence-electron chi connectivity index (χ3n) is 4.40. The minimum Gasteiger partial charge on any atom is -0.304 e. The Morgan fingerprint density at radius 2 is 2.16 bits per heavy atom. The first-order valence-electron chi connectivity index (χ1n) is 6.80. The van der Waals surface area contributed by atoms with Gasteiger partial charge < -0.3 is 5.32 Å². The summed E-state index contributed by atoms with van der Waals surface area (Å²) in [4.78, 5) is 16.3. The SMILES string of the molecule is CC(C)C1SC(=N[C@H]2C[C@H]3C[C@@H]2CC3(F)F)NC1=O. The van der Waals surface area contributed by atoms with Crippen LogP contribution in [0.2, 0.25) is 0 Å². The number of fused-ring (bicyclic) bond motifs is 2. The highest BCUT2D eigenvalue weighted by Crippen LogP contribution is 2.54. The Bertz CT molecular complexity index is 438. The van der Waals surface area contributed by atoms with Gasteiger partial charge in [0.1, 0.15) is 0 Å². The fraction of sp³-hybridized carbons (Fsp3) is 0.846. The van der Waals surface area contributed by atoms with Crippen LogP contribution in [0.3, 0.4) is 0 Å². The van der Waals surface area contributed by atoms with Crippen molar-refractivity contribution in [2.75, 3.05) is 0 Å². The summed E-state index contributed by atoms with van der Waals surface area (Å²) < 4.78 is 26.9. The Morgan fingerprint density at radius 1 is 1.42 bits per heavy atom. The van der Waals surface area contributed by atoms with Crippen molar-refractivity contribution in [1.82, 2.24) is 5.32 Å². The molecule has 1 heterocycles. The Hall–Kier alpha value is -0.650. The van der Waals surface area contributed by atoms with Crippen LogP contribution in [0.5, 0.6) is 0 Å². The Morgan fingerprint density at radius 3 is 2.63 bits per heavy atom. The summed E-state index contributed by atoms with van der Waals surface area (Å²) >= 11 is 1.44. The van der Waals surface area contributed by atoms with E-state index in [1.807, 2.05) is 13.8 Å². The number of amides is 1. The third-order valence-corrected chi connectivity index (χ3v) is 5.85. The molecule has 6 heteroatoms. The fourth-order valence-electron chi connectivity index (χ4n) is 3.37. The fourth-order valence-corrected chi connectivity index (χ4v) is 4.41. The van der Waals surface area contributed by atoms with Gasteiger partial charge in [0, 0.05) is 12.3 Å². The van der Waals surface area contributed by atoms with E-state index in [-0.39, 0.29) is 35.5 Å². The predicted octanol–water partition coefficient (Wildman–Crippen LogP) is 2.66. The number of aliphatic imine (C=N–C) groups is 1. The Kier molecular flexibility index (Phi) is 3.11. The number of halogens is 2. The molecule has 3 nitrogen and oxygen atoms in total. The number of hydrogen-bond donors (Lipinski definition) is 1. The first kappa shape index (κ1) is 13.3. The second-order valence-corrected chi connectivity index (χ2v) is 7.30. The van der Waals surface area contributed by atoms with E-state index < -0.39 is 11.8 Å². The van der Waals surface area contributed by atoms with Crippen molar-refractivity contribution in [3.63, 3.8) is 0 Å². The summed E-state index contributed by atoms with van der Waals surface area (Å²) in [6, 6.07) is -0.0293. The molecule has 2 saturated carbocycles. The number of nitrogens with one attached hydrogen (secondary N) is 1. The molecule has 1 amide bonds. The van der Waals surface area contributed by atoms with Gasteiger partial charge in [0.2, 0.25) is 5.91 Å². The molecule has 0 aromatic carbocycles. The van der Waals surface area contributed by atoms with E-state index in [0.717, 1.165) is 0 Å². The van der Waals surface area contributed by atoms with Crippen LogP contribution < -0.4 is 5.32 Å². The van der Waals surface area contributed by atoms with Crippen molar-refractivity contribution >= 4 is 22.8 Å². The third kappa shape index (κ3) is 2.28. The maximum atomic E-state index is 13.4. The average Bonchev–Trinajstić information content (AvgIpc) is 2.91. The van der Waals surface area contributed by atoms with Gasteiger partial charge in [0.25, 0.3) is 5.92 Å². The van der Waals surface area contributed by atoms with Gasteiger partial charge in [0.15, 0.2) is 5.17 Å². The van der Waals surface area contributed by atoms with Crippen LogP contribution in [0.15, 0.2) is 4.99 Å². The molecule has 106 valence electrons. The molecule has 3 fully saturated rings. The smallest absolute Gasteiger partial charge is 0.251 e. The Labute approximate surface area is 115 Å². The standard InChI is InChI=1S/C13H18F2N2OS/c1-6(2)10-11(18)17-12(19-10)16-9-4-8-3-7(9)5-13(8,14)15/h6-10H,3-5H2,1-2H3,(H,16,17,18)/t7-,8-,9+,10?/m1/s1. The number of alkyl halides is 2. The van der Waals surface area contributed by atoms with Crippen LogP contribution in [0.1, 0.15) is 33.1 Å². The molecule has 0 radical (unpaired) electrons. The predicted molar refractivity (Wildman–Crippen MR) is 71.4 cm³/mol.